The van der Waals surface area contributed by atoms with E-state index in [4.69, 9.17) is 0 Å². The number of aromatic nitrogens is 1. The van der Waals surface area contributed by atoms with Gasteiger partial charge >= 0.3 is 0 Å². The molecule has 2 heteroatoms. The Balaban J connectivity index is 1.92. The van der Waals surface area contributed by atoms with E-state index >= 15 is 0 Å². The van der Waals surface area contributed by atoms with Gasteiger partial charge in [-0.3, -0.25) is 0 Å². The molecular formula is C20H16BrN. The van der Waals surface area contributed by atoms with Crippen molar-refractivity contribution in [3.05, 3.63) is 76.5 Å². The normalized spacial score (nSPS) is 14.5. The Morgan fingerprint density at radius 3 is 2.32 bits per heavy atom. The molecule has 0 spiro atoms. The van der Waals surface area contributed by atoms with Crippen LogP contribution in [0.1, 0.15) is 25.0 Å². The fourth-order valence-electron chi connectivity index (χ4n) is 3.45. The topological polar surface area (TPSA) is 12.9 Å². The van der Waals surface area contributed by atoms with E-state index in [-0.39, 0.29) is 5.41 Å². The first-order valence-corrected chi connectivity index (χ1v) is 8.23. The highest BCUT2D eigenvalue weighted by atomic mass is 79.9. The lowest BCUT2D eigenvalue weighted by molar-refractivity contribution is 0.660. The standard InChI is InChI=1S/C20H16BrN/c1-20(2)17-6-4-3-5-15(17)16-11-13(7-9-18(16)20)14-8-10-19(21)22-12-14/h3-12H,1-2H3. The zero-order chi connectivity index (χ0) is 15.3. The van der Waals surface area contributed by atoms with Gasteiger partial charge < -0.3 is 0 Å². The number of rotatable bonds is 1. The van der Waals surface area contributed by atoms with E-state index in [2.05, 4.69) is 83.3 Å². The molecule has 0 saturated heterocycles. The van der Waals surface area contributed by atoms with E-state index in [1.54, 1.807) is 0 Å². The summed E-state index contributed by atoms with van der Waals surface area (Å²) in [5.41, 5.74) is 7.95. The molecule has 1 nitrogen and oxygen atoms in total. The van der Waals surface area contributed by atoms with Crippen LogP contribution in [0.2, 0.25) is 0 Å². The smallest absolute Gasteiger partial charge is 0.106 e. The first-order valence-electron chi connectivity index (χ1n) is 7.44. The second kappa shape index (κ2) is 4.79. The van der Waals surface area contributed by atoms with Gasteiger partial charge in [-0.25, -0.2) is 4.98 Å². The molecule has 2 aromatic carbocycles. The monoisotopic (exact) mass is 349 g/mol. The lowest BCUT2D eigenvalue weighted by Gasteiger charge is -2.21. The van der Waals surface area contributed by atoms with Gasteiger partial charge in [0, 0.05) is 17.2 Å². The number of halogens is 1. The van der Waals surface area contributed by atoms with E-state index < -0.39 is 0 Å². The quantitative estimate of drug-likeness (QED) is 0.504. The molecule has 0 radical (unpaired) electrons. The van der Waals surface area contributed by atoms with Gasteiger partial charge in [0.1, 0.15) is 4.60 Å². The van der Waals surface area contributed by atoms with Crippen molar-refractivity contribution in [1.82, 2.24) is 4.98 Å². The maximum absolute atomic E-state index is 4.34. The summed E-state index contributed by atoms with van der Waals surface area (Å²) in [5, 5.41) is 0. The van der Waals surface area contributed by atoms with Crippen molar-refractivity contribution in [3.8, 4) is 22.3 Å². The van der Waals surface area contributed by atoms with Crippen LogP contribution < -0.4 is 0 Å². The van der Waals surface area contributed by atoms with Crippen LogP contribution >= 0.6 is 15.9 Å². The summed E-state index contributed by atoms with van der Waals surface area (Å²) in [7, 11) is 0. The summed E-state index contributed by atoms with van der Waals surface area (Å²) >= 11 is 3.39. The Bertz CT molecular complexity index is 863. The highest BCUT2D eigenvalue weighted by Crippen LogP contribution is 2.49. The maximum atomic E-state index is 4.34. The van der Waals surface area contributed by atoms with Crippen molar-refractivity contribution < 1.29 is 0 Å². The predicted molar refractivity (Wildman–Crippen MR) is 94.9 cm³/mol. The number of pyridine rings is 1. The Morgan fingerprint density at radius 1 is 0.818 bits per heavy atom. The van der Waals surface area contributed by atoms with Crippen molar-refractivity contribution >= 4 is 15.9 Å². The molecule has 0 N–H and O–H groups in total. The lowest BCUT2D eigenvalue weighted by atomic mass is 9.82. The Morgan fingerprint density at radius 2 is 1.55 bits per heavy atom. The fraction of sp³-hybridized carbons (Fsp3) is 0.150. The molecular weight excluding hydrogens is 334 g/mol. The van der Waals surface area contributed by atoms with Crippen LogP contribution in [-0.2, 0) is 5.41 Å². The van der Waals surface area contributed by atoms with Crippen LogP contribution in [-0.4, -0.2) is 4.98 Å². The molecule has 0 atom stereocenters. The number of nitrogens with zero attached hydrogens (tertiary/aromatic N) is 1. The van der Waals surface area contributed by atoms with Gasteiger partial charge in [0.05, 0.1) is 0 Å². The van der Waals surface area contributed by atoms with Crippen molar-refractivity contribution in [2.75, 3.05) is 0 Å². The van der Waals surface area contributed by atoms with Crippen molar-refractivity contribution in [1.29, 1.82) is 0 Å². The third-order valence-corrected chi connectivity index (χ3v) is 5.11. The largest absolute Gasteiger partial charge is 0.249 e. The average molecular weight is 350 g/mol. The second-order valence-electron chi connectivity index (χ2n) is 6.30. The molecule has 4 rings (SSSR count). The van der Waals surface area contributed by atoms with Crippen molar-refractivity contribution in [2.45, 2.75) is 19.3 Å². The first-order chi connectivity index (χ1) is 10.6. The van der Waals surface area contributed by atoms with Crippen LogP contribution in [0, 0.1) is 0 Å². The third-order valence-electron chi connectivity index (χ3n) is 4.64. The molecule has 0 unspecified atom stereocenters. The maximum Gasteiger partial charge on any atom is 0.106 e. The van der Waals surface area contributed by atoms with Crippen LogP contribution in [0.4, 0.5) is 0 Å². The van der Waals surface area contributed by atoms with E-state index in [1.165, 1.54) is 27.8 Å². The number of benzene rings is 2. The van der Waals surface area contributed by atoms with Gasteiger partial charge in [0.15, 0.2) is 0 Å². The summed E-state index contributed by atoms with van der Waals surface area (Å²) in [6, 6.07) is 19.6. The van der Waals surface area contributed by atoms with Gasteiger partial charge in [-0.05, 0) is 55.9 Å². The van der Waals surface area contributed by atoms with Crippen molar-refractivity contribution in [3.63, 3.8) is 0 Å². The molecule has 0 saturated carbocycles. The van der Waals surface area contributed by atoms with E-state index in [9.17, 15) is 0 Å². The van der Waals surface area contributed by atoms with Crippen LogP contribution in [0.25, 0.3) is 22.3 Å². The summed E-state index contributed by atoms with van der Waals surface area (Å²) in [6.45, 7) is 4.61. The van der Waals surface area contributed by atoms with Gasteiger partial charge in [-0.1, -0.05) is 56.3 Å². The highest BCUT2D eigenvalue weighted by Gasteiger charge is 2.34. The molecule has 1 aromatic heterocycles. The molecule has 22 heavy (non-hydrogen) atoms. The summed E-state index contributed by atoms with van der Waals surface area (Å²) in [5.74, 6) is 0. The van der Waals surface area contributed by atoms with Gasteiger partial charge in [-0.2, -0.15) is 0 Å². The van der Waals surface area contributed by atoms with Gasteiger partial charge in [-0.15, -0.1) is 0 Å². The molecule has 0 aliphatic heterocycles. The Labute approximate surface area is 139 Å². The minimum absolute atomic E-state index is 0.0718. The number of fused-ring (bicyclic) bond motifs is 3. The highest BCUT2D eigenvalue weighted by molar-refractivity contribution is 9.10. The molecule has 0 bridgehead atoms. The second-order valence-corrected chi connectivity index (χ2v) is 7.11. The number of hydrogen-bond acceptors (Lipinski definition) is 1. The molecule has 0 fully saturated rings. The van der Waals surface area contributed by atoms with Crippen LogP contribution in [0.3, 0.4) is 0 Å². The number of hydrogen-bond donors (Lipinski definition) is 0. The van der Waals surface area contributed by atoms with Crippen LogP contribution in [0.15, 0.2) is 65.4 Å². The molecule has 108 valence electrons. The molecule has 1 heterocycles. The summed E-state index contributed by atoms with van der Waals surface area (Å²) < 4.78 is 0.865. The predicted octanol–water partition coefficient (Wildman–Crippen LogP) is 5.82. The fourth-order valence-corrected chi connectivity index (χ4v) is 3.68. The third kappa shape index (κ3) is 1.94. The SMILES string of the molecule is CC1(C)c2ccccc2-c2cc(-c3ccc(Br)nc3)ccc21. The van der Waals surface area contributed by atoms with E-state index in [1.807, 2.05) is 12.3 Å². The van der Waals surface area contributed by atoms with Gasteiger partial charge in [0.25, 0.3) is 0 Å². The zero-order valence-electron chi connectivity index (χ0n) is 12.6. The molecule has 0 amide bonds. The summed E-state index contributed by atoms with van der Waals surface area (Å²) in [6.07, 6.45) is 1.91. The molecule has 1 aliphatic rings. The minimum atomic E-state index is 0.0718. The van der Waals surface area contributed by atoms with Crippen LogP contribution in [0.5, 0.6) is 0 Å². The Hall–Kier alpha value is -1.93. The first kappa shape index (κ1) is 13.7. The molecule has 1 aliphatic carbocycles. The van der Waals surface area contributed by atoms with E-state index in [0.717, 1.165) is 10.2 Å². The molecule has 3 aromatic rings. The minimum Gasteiger partial charge on any atom is -0.249 e. The Kier molecular flexibility index (Phi) is 2.98. The van der Waals surface area contributed by atoms with E-state index in [0.29, 0.717) is 0 Å². The lowest BCUT2D eigenvalue weighted by Crippen LogP contribution is -2.14. The van der Waals surface area contributed by atoms with Gasteiger partial charge in [0.2, 0.25) is 0 Å². The van der Waals surface area contributed by atoms with Crippen molar-refractivity contribution in [2.24, 2.45) is 0 Å². The zero-order valence-corrected chi connectivity index (χ0v) is 14.2. The summed E-state index contributed by atoms with van der Waals surface area (Å²) in [4.78, 5) is 4.34. The average Bonchev–Trinajstić information content (AvgIpc) is 2.77.